The van der Waals surface area contributed by atoms with Crippen molar-refractivity contribution in [2.45, 2.75) is 129 Å². The lowest BCUT2D eigenvalue weighted by atomic mass is 9.93. The molecule has 1 aliphatic heterocycles. The minimum absolute atomic E-state index is 0.00937. The number of ether oxygens (including phenoxy) is 1. The summed E-state index contributed by atoms with van der Waals surface area (Å²) in [7, 11) is 0. The van der Waals surface area contributed by atoms with Gasteiger partial charge >= 0.3 is 5.97 Å². The fourth-order valence-corrected chi connectivity index (χ4v) is 3.77. The molecule has 0 aromatic carbocycles. The van der Waals surface area contributed by atoms with Crippen LogP contribution in [0.3, 0.4) is 0 Å². The maximum Gasteiger partial charge on any atom is 0.321 e. The van der Waals surface area contributed by atoms with E-state index in [9.17, 15) is 4.79 Å². The van der Waals surface area contributed by atoms with Gasteiger partial charge in [-0.3, -0.25) is 4.79 Å². The topological polar surface area (TPSA) is 26.3 Å². The normalized spacial score (nSPS) is 18.2. The van der Waals surface area contributed by atoms with Crippen LogP contribution in [0, 0.1) is 5.92 Å². The SMILES string of the molecule is CCCCCCCCCC/C=C1/OC(=O)C1CCCCCCCCCC. The molecule has 1 aliphatic rings. The van der Waals surface area contributed by atoms with Crippen LogP contribution in [0.1, 0.15) is 129 Å². The molecule has 2 nitrogen and oxygen atoms in total. The standard InChI is InChI=1S/C24H44O2/c1-3-5-7-9-11-13-15-17-19-21-23-22(24(25)26-23)20-18-16-14-12-10-8-6-4-2/h21-22H,3-20H2,1-2H3/b23-21+. The van der Waals surface area contributed by atoms with E-state index in [1.165, 1.54) is 103 Å². The van der Waals surface area contributed by atoms with E-state index in [0.717, 1.165) is 18.6 Å². The van der Waals surface area contributed by atoms with Crippen molar-refractivity contribution in [1.29, 1.82) is 0 Å². The Hall–Kier alpha value is -0.790. The highest BCUT2D eigenvalue weighted by atomic mass is 16.6. The summed E-state index contributed by atoms with van der Waals surface area (Å²) in [4.78, 5) is 11.7. The second-order valence-electron chi connectivity index (χ2n) is 8.11. The second-order valence-corrected chi connectivity index (χ2v) is 8.11. The van der Waals surface area contributed by atoms with Crippen molar-refractivity contribution in [1.82, 2.24) is 0 Å². The van der Waals surface area contributed by atoms with E-state index in [2.05, 4.69) is 19.9 Å². The molecular formula is C24H44O2. The van der Waals surface area contributed by atoms with Crippen molar-refractivity contribution in [3.8, 4) is 0 Å². The predicted octanol–water partition coefficient (Wildman–Crippen LogP) is 8.10. The van der Waals surface area contributed by atoms with Gasteiger partial charge in [0.05, 0.1) is 0 Å². The lowest BCUT2D eigenvalue weighted by Crippen LogP contribution is -2.32. The first-order valence-corrected chi connectivity index (χ1v) is 11.7. The zero-order valence-corrected chi connectivity index (χ0v) is 17.7. The van der Waals surface area contributed by atoms with Gasteiger partial charge in [-0.2, -0.15) is 0 Å². The van der Waals surface area contributed by atoms with Gasteiger partial charge in [-0.15, -0.1) is 0 Å². The lowest BCUT2D eigenvalue weighted by molar-refractivity contribution is -0.157. The number of esters is 1. The van der Waals surface area contributed by atoms with Crippen molar-refractivity contribution in [2.24, 2.45) is 5.92 Å². The molecule has 152 valence electrons. The minimum atomic E-state index is 0.00937. The third kappa shape index (κ3) is 11.0. The molecule has 0 aromatic rings. The molecule has 1 heterocycles. The molecule has 0 radical (unpaired) electrons. The van der Waals surface area contributed by atoms with Crippen molar-refractivity contribution in [3.63, 3.8) is 0 Å². The summed E-state index contributed by atoms with van der Waals surface area (Å²) in [5.41, 5.74) is 0. The van der Waals surface area contributed by atoms with E-state index in [-0.39, 0.29) is 11.9 Å². The molecule has 0 aliphatic carbocycles. The molecule has 2 heteroatoms. The van der Waals surface area contributed by atoms with Gasteiger partial charge in [0.15, 0.2) is 0 Å². The summed E-state index contributed by atoms with van der Waals surface area (Å²) in [5, 5.41) is 0. The largest absolute Gasteiger partial charge is 0.430 e. The maximum absolute atomic E-state index is 11.7. The molecule has 1 rings (SSSR count). The first-order chi connectivity index (χ1) is 12.8. The van der Waals surface area contributed by atoms with Crippen LogP contribution < -0.4 is 0 Å². The Morgan fingerprint density at radius 3 is 1.65 bits per heavy atom. The summed E-state index contributed by atoms with van der Waals surface area (Å²) < 4.78 is 5.27. The Bertz CT molecular complexity index is 372. The molecule has 0 N–H and O–H groups in total. The Morgan fingerprint density at radius 2 is 1.15 bits per heavy atom. The number of allylic oxidation sites excluding steroid dienone is 1. The van der Waals surface area contributed by atoms with E-state index in [0.29, 0.717) is 0 Å². The van der Waals surface area contributed by atoms with E-state index >= 15 is 0 Å². The zero-order valence-electron chi connectivity index (χ0n) is 17.7. The molecule has 0 aromatic heterocycles. The Balaban J connectivity index is 1.98. The van der Waals surface area contributed by atoms with Crippen LogP contribution in [0.2, 0.25) is 0 Å². The van der Waals surface area contributed by atoms with Gasteiger partial charge < -0.3 is 4.74 Å². The van der Waals surface area contributed by atoms with Crippen LogP contribution in [-0.2, 0) is 9.53 Å². The fourth-order valence-electron chi connectivity index (χ4n) is 3.77. The van der Waals surface area contributed by atoms with Gasteiger partial charge in [0.25, 0.3) is 0 Å². The molecule has 26 heavy (non-hydrogen) atoms. The molecule has 1 atom stereocenters. The van der Waals surface area contributed by atoms with Gasteiger partial charge in [-0.05, 0) is 25.3 Å². The van der Waals surface area contributed by atoms with Crippen LogP contribution in [-0.4, -0.2) is 5.97 Å². The highest BCUT2D eigenvalue weighted by Gasteiger charge is 2.36. The molecule has 1 fully saturated rings. The quantitative estimate of drug-likeness (QED) is 0.181. The van der Waals surface area contributed by atoms with E-state index in [1.54, 1.807) is 0 Å². The number of hydrogen-bond acceptors (Lipinski definition) is 2. The number of hydrogen-bond donors (Lipinski definition) is 0. The van der Waals surface area contributed by atoms with Crippen LogP contribution in [0.25, 0.3) is 0 Å². The maximum atomic E-state index is 11.7. The third-order valence-corrected chi connectivity index (χ3v) is 5.60. The van der Waals surface area contributed by atoms with Crippen molar-refractivity contribution in [2.75, 3.05) is 0 Å². The third-order valence-electron chi connectivity index (χ3n) is 5.60. The van der Waals surface area contributed by atoms with Crippen molar-refractivity contribution in [3.05, 3.63) is 11.8 Å². The van der Waals surface area contributed by atoms with E-state index in [1.807, 2.05) is 0 Å². The predicted molar refractivity (Wildman–Crippen MR) is 112 cm³/mol. The highest BCUT2D eigenvalue weighted by Crippen LogP contribution is 2.32. The highest BCUT2D eigenvalue weighted by molar-refractivity contribution is 5.82. The number of unbranched alkanes of at least 4 members (excludes halogenated alkanes) is 15. The van der Waals surface area contributed by atoms with Crippen molar-refractivity contribution < 1.29 is 9.53 Å². The smallest absolute Gasteiger partial charge is 0.321 e. The summed E-state index contributed by atoms with van der Waals surface area (Å²) in [6.07, 6.45) is 25.6. The average Bonchev–Trinajstić information content (AvgIpc) is 2.64. The summed E-state index contributed by atoms with van der Waals surface area (Å²) in [5.74, 6) is 1.07. The Labute approximate surface area is 163 Å². The molecule has 0 bridgehead atoms. The van der Waals surface area contributed by atoms with Gasteiger partial charge in [0.2, 0.25) is 0 Å². The zero-order chi connectivity index (χ0) is 18.9. The second kappa shape index (κ2) is 16.4. The van der Waals surface area contributed by atoms with Crippen LogP contribution in [0.15, 0.2) is 11.8 Å². The first kappa shape index (κ1) is 23.2. The van der Waals surface area contributed by atoms with Crippen LogP contribution >= 0.6 is 0 Å². The molecule has 1 unspecified atom stereocenters. The van der Waals surface area contributed by atoms with Gasteiger partial charge in [0, 0.05) is 0 Å². The molecule has 1 saturated heterocycles. The van der Waals surface area contributed by atoms with Gasteiger partial charge in [0.1, 0.15) is 11.7 Å². The number of cyclic esters (lactones) is 1. The lowest BCUT2D eigenvalue weighted by Gasteiger charge is -2.28. The van der Waals surface area contributed by atoms with Crippen LogP contribution in [0.5, 0.6) is 0 Å². The summed E-state index contributed by atoms with van der Waals surface area (Å²) in [6, 6.07) is 0. The monoisotopic (exact) mass is 364 g/mol. The molecule has 0 spiro atoms. The Morgan fingerprint density at radius 1 is 0.692 bits per heavy atom. The Kier molecular flexibility index (Phi) is 14.7. The average molecular weight is 365 g/mol. The summed E-state index contributed by atoms with van der Waals surface area (Å²) >= 11 is 0. The van der Waals surface area contributed by atoms with Gasteiger partial charge in [-0.1, -0.05) is 110 Å². The molecule has 0 amide bonds. The number of carbonyl (C=O) groups excluding carboxylic acids is 1. The van der Waals surface area contributed by atoms with Crippen molar-refractivity contribution >= 4 is 5.97 Å². The fraction of sp³-hybridized carbons (Fsp3) is 0.875. The van der Waals surface area contributed by atoms with E-state index < -0.39 is 0 Å². The van der Waals surface area contributed by atoms with E-state index in [4.69, 9.17) is 4.74 Å². The first-order valence-electron chi connectivity index (χ1n) is 11.7. The number of rotatable bonds is 18. The summed E-state index contributed by atoms with van der Waals surface area (Å²) in [6.45, 7) is 4.53. The minimum Gasteiger partial charge on any atom is -0.430 e. The number of carbonyl (C=O) groups is 1. The molecular weight excluding hydrogens is 320 g/mol. The molecule has 0 saturated carbocycles. The van der Waals surface area contributed by atoms with Crippen LogP contribution in [0.4, 0.5) is 0 Å². The van der Waals surface area contributed by atoms with Gasteiger partial charge in [-0.25, -0.2) is 0 Å².